The van der Waals surface area contributed by atoms with Gasteiger partial charge in [0.05, 0.1) is 16.4 Å². The summed E-state index contributed by atoms with van der Waals surface area (Å²) in [7, 11) is 1.86. The lowest BCUT2D eigenvalue weighted by atomic mass is 10.3. The van der Waals surface area contributed by atoms with E-state index < -0.39 is 0 Å². The van der Waals surface area contributed by atoms with Gasteiger partial charge in [-0.05, 0) is 27.8 Å². The molecule has 0 aliphatic rings. The molecule has 1 aromatic heterocycles. The van der Waals surface area contributed by atoms with Crippen LogP contribution in [0.4, 0.5) is 0 Å². The van der Waals surface area contributed by atoms with Crippen LogP contribution >= 0.6 is 11.6 Å². The fraction of sp³-hybridized carbons (Fsp3) is 0.636. The van der Waals surface area contributed by atoms with Crippen molar-refractivity contribution in [3.8, 4) is 0 Å². The summed E-state index contributed by atoms with van der Waals surface area (Å²) in [5.74, 6) is -0.0608. The summed E-state index contributed by atoms with van der Waals surface area (Å²) in [5, 5.41) is 10.7. The number of likely N-dealkylation sites (N-methyl/N-ethyl adjacent to an activating group) is 1. The van der Waals surface area contributed by atoms with Crippen LogP contribution in [0.5, 0.6) is 0 Å². The fourth-order valence-corrected chi connectivity index (χ4v) is 1.53. The maximum atomic E-state index is 11.7. The number of halogens is 1. The summed E-state index contributed by atoms with van der Waals surface area (Å²) in [6.07, 6.45) is 0. The zero-order valence-corrected chi connectivity index (χ0v) is 11.4. The molecule has 0 spiro atoms. The third-order valence-electron chi connectivity index (χ3n) is 2.68. The minimum atomic E-state index is -0.0608. The third-order valence-corrected chi connectivity index (χ3v) is 3.23. The summed E-state index contributed by atoms with van der Waals surface area (Å²) in [5.41, 5.74) is 1.57. The number of aryl methyl sites for hydroxylation is 1. The lowest BCUT2D eigenvalue weighted by molar-refractivity contribution is -0.121. The van der Waals surface area contributed by atoms with Gasteiger partial charge in [-0.3, -0.25) is 9.48 Å². The van der Waals surface area contributed by atoms with E-state index in [1.807, 2.05) is 27.8 Å². The van der Waals surface area contributed by atoms with Crippen molar-refractivity contribution in [2.75, 3.05) is 13.6 Å². The maximum absolute atomic E-state index is 11.7. The first kappa shape index (κ1) is 14.0. The van der Waals surface area contributed by atoms with Crippen LogP contribution < -0.4 is 10.6 Å². The second kappa shape index (κ2) is 6.02. The van der Waals surface area contributed by atoms with Crippen molar-refractivity contribution in [1.82, 2.24) is 20.4 Å². The van der Waals surface area contributed by atoms with Gasteiger partial charge in [0, 0.05) is 12.6 Å². The van der Waals surface area contributed by atoms with E-state index in [0.717, 1.165) is 11.4 Å². The Kier molecular flexibility index (Phi) is 4.96. The van der Waals surface area contributed by atoms with Crippen LogP contribution in [-0.2, 0) is 11.3 Å². The standard InChI is InChI=1S/C11H19ClN4O/c1-7(13-4)5-14-10(17)6-16-9(3)11(12)8(2)15-16/h7,13H,5-6H2,1-4H3,(H,14,17). The highest BCUT2D eigenvalue weighted by Crippen LogP contribution is 2.18. The first-order valence-corrected chi connectivity index (χ1v) is 5.97. The number of hydrogen-bond donors (Lipinski definition) is 2. The highest BCUT2D eigenvalue weighted by atomic mass is 35.5. The van der Waals surface area contributed by atoms with Gasteiger partial charge in [-0.15, -0.1) is 0 Å². The Labute approximate surface area is 107 Å². The predicted molar refractivity (Wildman–Crippen MR) is 68.2 cm³/mol. The van der Waals surface area contributed by atoms with E-state index in [1.165, 1.54) is 0 Å². The first-order chi connectivity index (χ1) is 7.95. The van der Waals surface area contributed by atoms with Gasteiger partial charge in [0.2, 0.25) is 5.91 Å². The summed E-state index contributed by atoms with van der Waals surface area (Å²) >= 11 is 6.01. The number of amides is 1. The molecule has 1 atom stereocenters. The van der Waals surface area contributed by atoms with E-state index in [9.17, 15) is 4.79 Å². The summed E-state index contributed by atoms with van der Waals surface area (Å²) < 4.78 is 1.62. The number of nitrogens with one attached hydrogen (secondary N) is 2. The van der Waals surface area contributed by atoms with Gasteiger partial charge in [0.15, 0.2) is 0 Å². The number of hydrogen-bond acceptors (Lipinski definition) is 3. The molecule has 0 aliphatic carbocycles. The minimum Gasteiger partial charge on any atom is -0.353 e. The highest BCUT2D eigenvalue weighted by molar-refractivity contribution is 6.31. The molecule has 17 heavy (non-hydrogen) atoms. The van der Waals surface area contributed by atoms with Crippen LogP contribution in [0.2, 0.25) is 5.02 Å². The summed E-state index contributed by atoms with van der Waals surface area (Å²) in [6, 6.07) is 0.253. The Morgan fingerprint density at radius 1 is 1.53 bits per heavy atom. The summed E-state index contributed by atoms with van der Waals surface area (Å²) in [6.45, 7) is 6.48. The maximum Gasteiger partial charge on any atom is 0.241 e. The molecule has 0 radical (unpaired) electrons. The van der Waals surface area contributed by atoms with Gasteiger partial charge in [-0.2, -0.15) is 5.10 Å². The number of carbonyl (C=O) groups excluding carboxylic acids is 1. The average molecular weight is 259 g/mol. The van der Waals surface area contributed by atoms with E-state index in [2.05, 4.69) is 15.7 Å². The molecule has 1 amide bonds. The number of carbonyl (C=O) groups is 1. The number of nitrogens with zero attached hydrogens (tertiary/aromatic N) is 2. The van der Waals surface area contributed by atoms with Crippen LogP contribution in [0.3, 0.4) is 0 Å². The van der Waals surface area contributed by atoms with Gasteiger partial charge in [0.1, 0.15) is 6.54 Å². The zero-order valence-electron chi connectivity index (χ0n) is 10.7. The SMILES string of the molecule is CNC(C)CNC(=O)Cn1nc(C)c(Cl)c1C. The molecule has 6 heteroatoms. The normalized spacial score (nSPS) is 12.5. The van der Waals surface area contributed by atoms with Crippen LogP contribution in [0.1, 0.15) is 18.3 Å². The van der Waals surface area contributed by atoms with Gasteiger partial charge in [0.25, 0.3) is 0 Å². The van der Waals surface area contributed by atoms with Gasteiger partial charge in [-0.1, -0.05) is 11.6 Å². The smallest absolute Gasteiger partial charge is 0.241 e. The Morgan fingerprint density at radius 3 is 2.65 bits per heavy atom. The molecule has 1 heterocycles. The van der Waals surface area contributed by atoms with Crippen molar-refractivity contribution >= 4 is 17.5 Å². The average Bonchev–Trinajstić information content (AvgIpc) is 2.54. The van der Waals surface area contributed by atoms with Crippen LogP contribution in [0.15, 0.2) is 0 Å². The van der Waals surface area contributed by atoms with Gasteiger partial charge >= 0.3 is 0 Å². The van der Waals surface area contributed by atoms with Gasteiger partial charge in [-0.25, -0.2) is 0 Å². The molecule has 0 saturated carbocycles. The molecule has 0 fully saturated rings. The van der Waals surface area contributed by atoms with E-state index in [0.29, 0.717) is 11.6 Å². The number of aromatic nitrogens is 2. The Hall–Kier alpha value is -1.07. The molecule has 0 saturated heterocycles. The lowest BCUT2D eigenvalue weighted by Gasteiger charge is -2.11. The van der Waals surface area contributed by atoms with Crippen LogP contribution in [0, 0.1) is 13.8 Å². The molecule has 96 valence electrons. The topological polar surface area (TPSA) is 58.9 Å². The van der Waals surface area contributed by atoms with Gasteiger partial charge < -0.3 is 10.6 Å². The van der Waals surface area contributed by atoms with Crippen molar-refractivity contribution in [2.45, 2.75) is 33.4 Å². The zero-order chi connectivity index (χ0) is 13.0. The predicted octanol–water partition coefficient (Wildman–Crippen LogP) is 0.877. The van der Waals surface area contributed by atoms with Crippen molar-refractivity contribution in [2.24, 2.45) is 0 Å². The molecular weight excluding hydrogens is 240 g/mol. The molecule has 5 nitrogen and oxygen atoms in total. The second-order valence-electron chi connectivity index (χ2n) is 4.14. The summed E-state index contributed by atoms with van der Waals surface area (Å²) in [4.78, 5) is 11.7. The molecule has 0 bridgehead atoms. The molecule has 1 aromatic rings. The fourth-order valence-electron chi connectivity index (χ4n) is 1.39. The largest absolute Gasteiger partial charge is 0.353 e. The Morgan fingerprint density at radius 2 is 2.18 bits per heavy atom. The van der Waals surface area contributed by atoms with Crippen molar-refractivity contribution in [3.05, 3.63) is 16.4 Å². The molecule has 1 rings (SSSR count). The molecule has 2 N–H and O–H groups in total. The minimum absolute atomic E-state index is 0.0608. The lowest BCUT2D eigenvalue weighted by Crippen LogP contribution is -2.38. The Balaban J connectivity index is 2.54. The van der Waals surface area contributed by atoms with Crippen molar-refractivity contribution < 1.29 is 4.79 Å². The first-order valence-electron chi connectivity index (χ1n) is 5.59. The Bertz CT molecular complexity index is 402. The van der Waals surface area contributed by atoms with E-state index >= 15 is 0 Å². The quantitative estimate of drug-likeness (QED) is 0.824. The third kappa shape index (κ3) is 3.71. The number of rotatable bonds is 5. The van der Waals surface area contributed by atoms with Crippen LogP contribution in [-0.4, -0.2) is 35.3 Å². The molecular formula is C11H19ClN4O. The van der Waals surface area contributed by atoms with Crippen molar-refractivity contribution in [1.29, 1.82) is 0 Å². The monoisotopic (exact) mass is 258 g/mol. The van der Waals surface area contributed by atoms with E-state index in [4.69, 9.17) is 11.6 Å². The van der Waals surface area contributed by atoms with Crippen molar-refractivity contribution in [3.63, 3.8) is 0 Å². The van der Waals surface area contributed by atoms with Crippen LogP contribution in [0.25, 0.3) is 0 Å². The van der Waals surface area contributed by atoms with E-state index in [1.54, 1.807) is 4.68 Å². The second-order valence-corrected chi connectivity index (χ2v) is 4.51. The highest BCUT2D eigenvalue weighted by Gasteiger charge is 2.12. The molecule has 0 aromatic carbocycles. The molecule has 1 unspecified atom stereocenters. The molecule has 0 aliphatic heterocycles. The van der Waals surface area contributed by atoms with E-state index in [-0.39, 0.29) is 18.5 Å².